The van der Waals surface area contributed by atoms with Crippen LogP contribution in [-0.2, 0) is 0 Å². The summed E-state index contributed by atoms with van der Waals surface area (Å²) in [6.07, 6.45) is 3.83. The van der Waals surface area contributed by atoms with Crippen molar-refractivity contribution in [2.75, 3.05) is 0 Å². The number of halogens is 1. The Kier molecular flexibility index (Phi) is 4.19. The van der Waals surface area contributed by atoms with E-state index in [1.807, 2.05) is 12.4 Å². The van der Waals surface area contributed by atoms with Gasteiger partial charge in [-0.25, -0.2) is 0 Å². The van der Waals surface area contributed by atoms with Gasteiger partial charge in [0.1, 0.15) is 0 Å². The van der Waals surface area contributed by atoms with E-state index >= 15 is 0 Å². The first-order valence-electron chi connectivity index (χ1n) is 5.62. The molecule has 0 aliphatic heterocycles. The number of hydrogen-bond acceptors (Lipinski definition) is 4. The Hall–Kier alpha value is -0.430. The molecule has 0 atom stereocenters. The van der Waals surface area contributed by atoms with Crippen LogP contribution in [0.3, 0.4) is 0 Å². The quantitative estimate of drug-likeness (QED) is 0.743. The van der Waals surface area contributed by atoms with Crippen LogP contribution in [0.4, 0.5) is 0 Å². The number of nitrogens with zero attached hydrogens (tertiary/aromatic N) is 2. The van der Waals surface area contributed by atoms with Gasteiger partial charge in [-0.15, -0.1) is 0 Å². The summed E-state index contributed by atoms with van der Waals surface area (Å²) in [4.78, 5) is 10.1. The average Bonchev–Trinajstić information content (AvgIpc) is 2.87. The van der Waals surface area contributed by atoms with E-state index < -0.39 is 0 Å². The molecule has 5 heteroatoms. The molecule has 0 saturated carbocycles. The van der Waals surface area contributed by atoms with Gasteiger partial charge >= 0.3 is 116 Å². The van der Waals surface area contributed by atoms with Crippen molar-refractivity contribution in [2.24, 2.45) is 0 Å². The zero-order valence-electron chi connectivity index (χ0n) is 10.4. The van der Waals surface area contributed by atoms with E-state index in [9.17, 15) is 0 Å². The summed E-state index contributed by atoms with van der Waals surface area (Å²) in [6.45, 7) is 8.61. The third kappa shape index (κ3) is 3.28. The predicted octanol–water partition coefficient (Wildman–Crippen LogP) is 0.506. The van der Waals surface area contributed by atoms with Crippen molar-refractivity contribution in [1.82, 2.24) is 9.97 Å². The van der Waals surface area contributed by atoms with Crippen molar-refractivity contribution < 1.29 is 25.6 Å². The molecule has 3 nitrogen and oxygen atoms in total. The molecule has 0 amide bonds. The second-order valence-electron chi connectivity index (χ2n) is 4.44. The van der Waals surface area contributed by atoms with Crippen LogP contribution >= 0.6 is 11.3 Å². The number of rotatable bonds is 4. The maximum atomic E-state index is 5.72. The molecule has 0 N–H and O–H groups in total. The van der Waals surface area contributed by atoms with Crippen molar-refractivity contribution in [2.45, 2.75) is 39.5 Å². The van der Waals surface area contributed by atoms with Gasteiger partial charge < -0.3 is 0 Å². The summed E-state index contributed by atoms with van der Waals surface area (Å²) < 4.78 is 7.78. The van der Waals surface area contributed by atoms with E-state index in [1.54, 1.807) is 11.3 Å². The average molecular weight is 363 g/mol. The van der Waals surface area contributed by atoms with E-state index in [-0.39, 0.29) is 21.2 Å². The molecule has 0 unspecified atom stereocenters. The molecule has 0 radical (unpaired) electrons. The number of thiazole rings is 1. The van der Waals surface area contributed by atoms with Gasteiger partial charge in [0.15, 0.2) is 0 Å². The van der Waals surface area contributed by atoms with Crippen LogP contribution in [0.15, 0.2) is 16.8 Å². The number of oxazole rings is 1. The Morgan fingerprint density at radius 1 is 1.12 bits per heavy atom. The minimum absolute atomic E-state index is 0.351. The van der Waals surface area contributed by atoms with E-state index in [0.29, 0.717) is 11.8 Å². The van der Waals surface area contributed by atoms with Crippen LogP contribution < -0.4 is 21.2 Å². The van der Waals surface area contributed by atoms with Crippen LogP contribution in [0.5, 0.6) is 0 Å². The van der Waals surface area contributed by atoms with E-state index in [2.05, 4.69) is 37.7 Å². The zero-order chi connectivity index (χ0) is 12.4. The first kappa shape index (κ1) is 13.0. The SMILES string of the molecule is CC(C)c1cnc([I-]c2ncc(C(C)C)s2)o1. The van der Waals surface area contributed by atoms with Gasteiger partial charge in [-0.3, -0.25) is 0 Å². The first-order chi connectivity index (χ1) is 8.06. The van der Waals surface area contributed by atoms with Crippen molar-refractivity contribution in [3.05, 3.63) is 29.9 Å². The molecule has 0 bridgehead atoms. The van der Waals surface area contributed by atoms with Crippen LogP contribution in [0.2, 0.25) is 0 Å². The fourth-order valence-electron chi connectivity index (χ4n) is 1.22. The number of hydrogen-bond donors (Lipinski definition) is 0. The van der Waals surface area contributed by atoms with Crippen molar-refractivity contribution in [1.29, 1.82) is 0 Å². The third-order valence-electron chi connectivity index (χ3n) is 2.29. The van der Waals surface area contributed by atoms with Crippen molar-refractivity contribution in [3.8, 4) is 0 Å². The molecular formula is C12H16IN2OS-. The second-order valence-corrected chi connectivity index (χ2v) is 8.71. The van der Waals surface area contributed by atoms with Crippen LogP contribution in [-0.4, -0.2) is 9.97 Å². The van der Waals surface area contributed by atoms with Gasteiger partial charge in [-0.2, -0.15) is 0 Å². The molecular weight excluding hydrogens is 347 g/mol. The molecule has 0 spiro atoms. The summed E-state index contributed by atoms with van der Waals surface area (Å²) in [6, 6.07) is 0. The zero-order valence-corrected chi connectivity index (χ0v) is 13.4. The van der Waals surface area contributed by atoms with Crippen LogP contribution in [0.1, 0.15) is 50.2 Å². The molecule has 0 aliphatic carbocycles. The second kappa shape index (κ2) is 5.48. The van der Waals surface area contributed by atoms with Gasteiger partial charge in [0.25, 0.3) is 0 Å². The van der Waals surface area contributed by atoms with Gasteiger partial charge in [0.2, 0.25) is 0 Å². The Labute approximate surface area is 116 Å². The first-order valence-corrected chi connectivity index (χ1v) is 8.60. The summed E-state index contributed by atoms with van der Waals surface area (Å²) in [5.41, 5.74) is 0. The fraction of sp³-hybridized carbons (Fsp3) is 0.500. The maximum absolute atomic E-state index is 5.72. The van der Waals surface area contributed by atoms with Crippen LogP contribution in [0, 0.1) is 6.91 Å². The molecule has 0 aromatic carbocycles. The van der Waals surface area contributed by atoms with Gasteiger partial charge in [-0.1, -0.05) is 0 Å². The molecule has 0 fully saturated rings. The number of aromatic nitrogens is 2. The molecule has 0 aliphatic rings. The summed E-state index contributed by atoms with van der Waals surface area (Å²) in [7, 11) is 0. The standard InChI is InChI=1S/C12H16IN2OS/c1-7(2)9-5-14-11(16-9)13-12-15-6-10(17-12)8(3)4/h5-8H,1-4H3/q-1. The molecule has 0 saturated heterocycles. The molecule has 2 heterocycles. The Balaban J connectivity index is 2.08. The van der Waals surface area contributed by atoms with E-state index in [1.165, 1.54) is 7.89 Å². The van der Waals surface area contributed by atoms with Gasteiger partial charge in [0, 0.05) is 0 Å². The topological polar surface area (TPSA) is 38.9 Å². The predicted molar refractivity (Wildman–Crippen MR) is 64.2 cm³/mol. The Morgan fingerprint density at radius 3 is 2.41 bits per heavy atom. The van der Waals surface area contributed by atoms with Crippen LogP contribution in [0.25, 0.3) is 0 Å². The molecule has 17 heavy (non-hydrogen) atoms. The molecule has 2 aromatic rings. The van der Waals surface area contributed by atoms with Gasteiger partial charge in [-0.05, 0) is 0 Å². The van der Waals surface area contributed by atoms with Crippen molar-refractivity contribution in [3.63, 3.8) is 0 Å². The minimum atomic E-state index is -0.351. The Bertz CT molecular complexity index is 446. The summed E-state index contributed by atoms with van der Waals surface area (Å²) in [5, 5.41) is 0. The Morgan fingerprint density at radius 2 is 1.88 bits per heavy atom. The van der Waals surface area contributed by atoms with E-state index in [4.69, 9.17) is 4.42 Å². The molecule has 2 rings (SSSR count). The molecule has 94 valence electrons. The van der Waals surface area contributed by atoms with Crippen molar-refractivity contribution >= 4 is 11.3 Å². The van der Waals surface area contributed by atoms with Gasteiger partial charge in [0.05, 0.1) is 0 Å². The fourth-order valence-corrected chi connectivity index (χ4v) is 4.75. The molecule has 2 aromatic heterocycles. The van der Waals surface area contributed by atoms with E-state index in [0.717, 1.165) is 9.66 Å². The normalized spacial score (nSPS) is 11.9. The third-order valence-corrected chi connectivity index (χ3v) is 6.26. The summed E-state index contributed by atoms with van der Waals surface area (Å²) in [5.74, 6) is 1.93. The monoisotopic (exact) mass is 363 g/mol. The summed E-state index contributed by atoms with van der Waals surface area (Å²) >= 11 is 1.44.